The number of benzene rings is 3. The maximum atomic E-state index is 12.8. The zero-order valence-corrected chi connectivity index (χ0v) is 19.1. The lowest BCUT2D eigenvalue weighted by Gasteiger charge is -2.30. The van der Waals surface area contributed by atoms with Gasteiger partial charge in [-0.2, -0.15) is 0 Å². The number of hydrogen-bond acceptors (Lipinski definition) is 5. The molecule has 3 aliphatic rings. The van der Waals surface area contributed by atoms with E-state index in [0.29, 0.717) is 48.8 Å². The second-order valence-corrected chi connectivity index (χ2v) is 9.19. The average molecular weight is 472 g/mol. The van der Waals surface area contributed by atoms with Gasteiger partial charge in [0.2, 0.25) is 12.7 Å². The van der Waals surface area contributed by atoms with Crippen LogP contribution in [0.5, 0.6) is 11.5 Å². The van der Waals surface area contributed by atoms with Crippen molar-refractivity contribution in [3.05, 3.63) is 59.7 Å². The Labute approximate surface area is 202 Å². The number of fused-ring (bicyclic) bond motifs is 1. The van der Waals surface area contributed by atoms with Crippen molar-refractivity contribution in [1.29, 1.82) is 0 Å². The van der Waals surface area contributed by atoms with Crippen LogP contribution in [-0.4, -0.2) is 42.5 Å². The number of carbonyl (C=O) groups excluding carboxylic acids is 3. The maximum Gasteiger partial charge on any atom is 0.313 e. The SMILES string of the molecule is O=C(Nc1ccc2c3c(cccc13)CC2)C(=O)N1CCC(C(=O)Nc2ccc3c(c2)OCO3)CC1. The van der Waals surface area contributed by atoms with Gasteiger partial charge in [0.05, 0.1) is 0 Å². The number of piperidine rings is 1. The Balaban J connectivity index is 1.06. The van der Waals surface area contributed by atoms with Gasteiger partial charge in [-0.15, -0.1) is 0 Å². The van der Waals surface area contributed by atoms with E-state index in [9.17, 15) is 14.4 Å². The first-order valence-corrected chi connectivity index (χ1v) is 11.9. The smallest absolute Gasteiger partial charge is 0.313 e. The Morgan fingerprint density at radius 3 is 2.46 bits per heavy atom. The molecule has 0 atom stereocenters. The summed E-state index contributed by atoms with van der Waals surface area (Å²) < 4.78 is 10.6. The summed E-state index contributed by atoms with van der Waals surface area (Å²) in [7, 11) is 0. The maximum absolute atomic E-state index is 12.8. The van der Waals surface area contributed by atoms with Crippen molar-refractivity contribution >= 4 is 39.9 Å². The quantitative estimate of drug-likeness (QED) is 0.570. The molecule has 1 aliphatic carbocycles. The van der Waals surface area contributed by atoms with Crippen LogP contribution in [0.3, 0.4) is 0 Å². The minimum atomic E-state index is -0.646. The number of carbonyl (C=O) groups is 3. The molecular weight excluding hydrogens is 446 g/mol. The minimum absolute atomic E-state index is 0.103. The van der Waals surface area contributed by atoms with Crippen LogP contribution in [0.4, 0.5) is 11.4 Å². The topological polar surface area (TPSA) is 97.0 Å². The third kappa shape index (κ3) is 3.95. The van der Waals surface area contributed by atoms with E-state index in [1.807, 2.05) is 24.3 Å². The largest absolute Gasteiger partial charge is 0.454 e. The number of anilines is 2. The Morgan fingerprint density at radius 1 is 0.857 bits per heavy atom. The van der Waals surface area contributed by atoms with Crippen molar-refractivity contribution in [1.82, 2.24) is 4.90 Å². The molecule has 3 aromatic carbocycles. The van der Waals surface area contributed by atoms with Crippen LogP contribution in [0.15, 0.2) is 48.5 Å². The molecule has 3 amide bonds. The fourth-order valence-electron chi connectivity index (χ4n) is 5.24. The van der Waals surface area contributed by atoms with E-state index < -0.39 is 11.8 Å². The third-order valence-corrected chi connectivity index (χ3v) is 7.11. The van der Waals surface area contributed by atoms with Crippen LogP contribution in [0.2, 0.25) is 0 Å². The molecule has 178 valence electrons. The normalized spacial score (nSPS) is 16.4. The Kier molecular flexibility index (Phi) is 5.28. The standard InChI is InChI=1S/C27H25N3O5/c31-25(28-19-7-9-22-23(14-19)35-15-34-22)18-10-12-30(13-11-18)27(33)26(32)29-21-8-6-17-5-4-16-2-1-3-20(21)24(16)17/h1-3,6-9,14,18H,4-5,10-13,15H2,(H,28,31)(H,29,32). The van der Waals surface area contributed by atoms with E-state index in [4.69, 9.17) is 9.47 Å². The Morgan fingerprint density at radius 2 is 1.63 bits per heavy atom. The second-order valence-electron chi connectivity index (χ2n) is 9.19. The summed E-state index contributed by atoms with van der Waals surface area (Å²) in [6.07, 6.45) is 2.99. The molecule has 0 saturated carbocycles. The molecule has 6 rings (SSSR count). The van der Waals surface area contributed by atoms with Crippen LogP contribution in [0.25, 0.3) is 10.8 Å². The summed E-state index contributed by atoms with van der Waals surface area (Å²) in [6.45, 7) is 0.889. The number of rotatable bonds is 3. The molecule has 0 bridgehead atoms. The molecule has 0 unspecified atom stereocenters. The zero-order chi connectivity index (χ0) is 23.9. The van der Waals surface area contributed by atoms with Gasteiger partial charge in [-0.3, -0.25) is 14.4 Å². The molecule has 3 aromatic rings. The van der Waals surface area contributed by atoms with Crippen LogP contribution in [0, 0.1) is 5.92 Å². The highest BCUT2D eigenvalue weighted by Gasteiger charge is 2.31. The van der Waals surface area contributed by atoms with Crippen molar-refractivity contribution in [3.8, 4) is 11.5 Å². The average Bonchev–Trinajstić information content (AvgIpc) is 3.53. The minimum Gasteiger partial charge on any atom is -0.454 e. The molecule has 2 aliphatic heterocycles. The fraction of sp³-hybridized carbons (Fsp3) is 0.296. The van der Waals surface area contributed by atoms with E-state index >= 15 is 0 Å². The van der Waals surface area contributed by atoms with E-state index in [-0.39, 0.29) is 18.6 Å². The molecule has 0 spiro atoms. The van der Waals surface area contributed by atoms with Crippen LogP contribution in [0.1, 0.15) is 24.0 Å². The summed E-state index contributed by atoms with van der Waals surface area (Å²) in [5, 5.41) is 7.89. The first kappa shape index (κ1) is 21.5. The van der Waals surface area contributed by atoms with Crippen molar-refractivity contribution in [3.63, 3.8) is 0 Å². The van der Waals surface area contributed by atoms with Gasteiger partial charge in [0.1, 0.15) is 0 Å². The highest BCUT2D eigenvalue weighted by Crippen LogP contribution is 2.36. The molecule has 8 nitrogen and oxygen atoms in total. The lowest BCUT2D eigenvalue weighted by molar-refractivity contribution is -0.144. The van der Waals surface area contributed by atoms with Gasteiger partial charge < -0.3 is 25.0 Å². The van der Waals surface area contributed by atoms with Gasteiger partial charge in [0, 0.05) is 41.8 Å². The van der Waals surface area contributed by atoms with Crippen LogP contribution in [-0.2, 0) is 27.2 Å². The van der Waals surface area contributed by atoms with Crippen molar-refractivity contribution in [2.45, 2.75) is 25.7 Å². The molecule has 1 saturated heterocycles. The molecule has 0 radical (unpaired) electrons. The van der Waals surface area contributed by atoms with Gasteiger partial charge in [-0.05, 0) is 60.4 Å². The number of ether oxygens (including phenoxy) is 2. The highest BCUT2D eigenvalue weighted by molar-refractivity contribution is 6.40. The molecule has 35 heavy (non-hydrogen) atoms. The Bertz CT molecular complexity index is 1350. The summed E-state index contributed by atoms with van der Waals surface area (Å²) in [5.41, 5.74) is 3.85. The number of likely N-dealkylation sites (tertiary alicyclic amines) is 1. The summed E-state index contributed by atoms with van der Waals surface area (Å²) in [4.78, 5) is 39.9. The van der Waals surface area contributed by atoms with E-state index in [0.717, 1.165) is 18.2 Å². The predicted molar refractivity (Wildman–Crippen MR) is 130 cm³/mol. The lowest BCUT2D eigenvalue weighted by atomic mass is 9.95. The number of nitrogens with one attached hydrogen (secondary N) is 2. The number of aryl methyl sites for hydroxylation is 2. The van der Waals surface area contributed by atoms with Gasteiger partial charge in [0.15, 0.2) is 11.5 Å². The van der Waals surface area contributed by atoms with Gasteiger partial charge >= 0.3 is 11.8 Å². The molecule has 0 aromatic heterocycles. The second kappa shape index (κ2) is 8.61. The summed E-state index contributed by atoms with van der Waals surface area (Å²) in [6, 6.07) is 15.3. The first-order valence-electron chi connectivity index (χ1n) is 11.9. The number of hydrogen-bond donors (Lipinski definition) is 2. The third-order valence-electron chi connectivity index (χ3n) is 7.11. The Hall–Kier alpha value is -4.07. The number of nitrogens with zero attached hydrogens (tertiary/aromatic N) is 1. The molecular formula is C27H25N3O5. The fourth-order valence-corrected chi connectivity index (χ4v) is 5.24. The van der Waals surface area contributed by atoms with E-state index in [1.54, 1.807) is 18.2 Å². The summed E-state index contributed by atoms with van der Waals surface area (Å²) >= 11 is 0. The molecule has 1 fully saturated rings. The van der Waals surface area contributed by atoms with Crippen LogP contribution < -0.4 is 20.1 Å². The van der Waals surface area contributed by atoms with Crippen molar-refractivity contribution in [2.75, 3.05) is 30.5 Å². The van der Waals surface area contributed by atoms with Gasteiger partial charge in [-0.1, -0.05) is 24.3 Å². The zero-order valence-electron chi connectivity index (χ0n) is 19.1. The highest BCUT2D eigenvalue weighted by atomic mass is 16.7. The molecule has 2 heterocycles. The van der Waals surface area contributed by atoms with E-state index in [1.165, 1.54) is 21.4 Å². The van der Waals surface area contributed by atoms with Gasteiger partial charge in [0.25, 0.3) is 0 Å². The molecule has 8 heteroatoms. The van der Waals surface area contributed by atoms with Gasteiger partial charge in [-0.25, -0.2) is 0 Å². The number of amides is 3. The monoisotopic (exact) mass is 471 g/mol. The van der Waals surface area contributed by atoms with E-state index in [2.05, 4.69) is 16.7 Å². The van der Waals surface area contributed by atoms with Crippen molar-refractivity contribution < 1.29 is 23.9 Å². The predicted octanol–water partition coefficient (Wildman–Crippen LogP) is 3.48. The lowest BCUT2D eigenvalue weighted by Crippen LogP contribution is -2.45. The first-order chi connectivity index (χ1) is 17.1. The van der Waals surface area contributed by atoms with Crippen molar-refractivity contribution in [2.24, 2.45) is 5.92 Å². The van der Waals surface area contributed by atoms with Crippen LogP contribution >= 0.6 is 0 Å². The summed E-state index contributed by atoms with van der Waals surface area (Å²) in [5.74, 6) is -0.285. The molecule has 2 N–H and O–H groups in total.